The van der Waals surface area contributed by atoms with Gasteiger partial charge in [-0.05, 0) is 31.7 Å². The SMILES string of the molecule is CC(C)CCOCCOCCOC(CCCNC(C)C)SSC(C)(C)C. The lowest BCUT2D eigenvalue weighted by Gasteiger charge is -2.22. The Hall–Kier alpha value is 0.540. The van der Waals surface area contributed by atoms with E-state index in [2.05, 4.69) is 53.8 Å². The molecule has 0 radical (unpaired) electrons. The second-order valence-electron chi connectivity index (χ2n) is 8.25. The van der Waals surface area contributed by atoms with Crippen molar-refractivity contribution >= 4 is 21.6 Å². The third-order valence-electron chi connectivity index (χ3n) is 3.32. The largest absolute Gasteiger partial charge is 0.379 e. The van der Waals surface area contributed by atoms with Gasteiger partial charge in [-0.2, -0.15) is 0 Å². The molecule has 0 saturated heterocycles. The summed E-state index contributed by atoms with van der Waals surface area (Å²) in [5.74, 6) is 0.695. The van der Waals surface area contributed by atoms with Crippen LogP contribution in [0.3, 0.4) is 0 Å². The van der Waals surface area contributed by atoms with E-state index in [0.29, 0.717) is 38.4 Å². The van der Waals surface area contributed by atoms with E-state index >= 15 is 0 Å². The van der Waals surface area contributed by atoms with Gasteiger partial charge in [0.15, 0.2) is 0 Å². The third-order valence-corrected chi connectivity index (χ3v) is 6.93. The normalized spacial score (nSPS) is 13.7. The Morgan fingerprint density at radius 2 is 1.46 bits per heavy atom. The molecule has 1 atom stereocenters. The Balaban J connectivity index is 3.80. The average Bonchev–Trinajstić information content (AvgIpc) is 2.52. The van der Waals surface area contributed by atoms with Crippen LogP contribution in [0.4, 0.5) is 0 Å². The van der Waals surface area contributed by atoms with Gasteiger partial charge in [-0.3, -0.25) is 0 Å². The van der Waals surface area contributed by atoms with Crippen LogP contribution in [0.1, 0.15) is 67.7 Å². The summed E-state index contributed by atoms with van der Waals surface area (Å²) >= 11 is 0. The molecule has 0 aliphatic carbocycles. The molecule has 0 saturated carbocycles. The van der Waals surface area contributed by atoms with E-state index in [1.807, 2.05) is 21.6 Å². The van der Waals surface area contributed by atoms with Gasteiger partial charge < -0.3 is 19.5 Å². The molecule has 0 aliphatic heterocycles. The molecule has 0 spiro atoms. The van der Waals surface area contributed by atoms with E-state index in [0.717, 1.165) is 32.4 Å². The molecule has 0 bridgehead atoms. The zero-order valence-electron chi connectivity index (χ0n) is 18.1. The zero-order valence-corrected chi connectivity index (χ0v) is 19.8. The highest BCUT2D eigenvalue weighted by Crippen LogP contribution is 2.39. The van der Waals surface area contributed by atoms with Crippen LogP contribution in [-0.2, 0) is 14.2 Å². The highest BCUT2D eigenvalue weighted by Gasteiger charge is 2.17. The fourth-order valence-electron chi connectivity index (χ4n) is 1.90. The van der Waals surface area contributed by atoms with Crippen LogP contribution < -0.4 is 5.32 Å². The van der Waals surface area contributed by atoms with Gasteiger partial charge in [-0.25, -0.2) is 0 Å². The van der Waals surface area contributed by atoms with Crippen LogP contribution in [0.15, 0.2) is 0 Å². The molecule has 0 aromatic rings. The number of nitrogens with one attached hydrogen (secondary N) is 1. The number of rotatable bonds is 17. The first kappa shape index (κ1) is 26.5. The predicted molar refractivity (Wildman–Crippen MR) is 118 cm³/mol. The van der Waals surface area contributed by atoms with Crippen molar-refractivity contribution < 1.29 is 14.2 Å². The maximum atomic E-state index is 6.05. The number of hydrogen-bond donors (Lipinski definition) is 1. The van der Waals surface area contributed by atoms with E-state index in [1.165, 1.54) is 0 Å². The first-order valence-electron chi connectivity index (χ1n) is 10.1. The van der Waals surface area contributed by atoms with Crippen molar-refractivity contribution in [2.24, 2.45) is 5.92 Å². The topological polar surface area (TPSA) is 39.7 Å². The molecule has 0 aliphatic rings. The maximum Gasteiger partial charge on any atom is 0.113 e. The molecule has 1 N–H and O–H groups in total. The van der Waals surface area contributed by atoms with Gasteiger partial charge >= 0.3 is 0 Å². The quantitative estimate of drug-likeness (QED) is 0.198. The molecule has 26 heavy (non-hydrogen) atoms. The van der Waals surface area contributed by atoms with Crippen LogP contribution in [-0.4, -0.2) is 55.8 Å². The summed E-state index contributed by atoms with van der Waals surface area (Å²) in [4.78, 5) is 0. The van der Waals surface area contributed by atoms with Gasteiger partial charge in [0.05, 0.1) is 26.4 Å². The van der Waals surface area contributed by atoms with Gasteiger partial charge in [0.2, 0.25) is 0 Å². The van der Waals surface area contributed by atoms with Crippen molar-refractivity contribution in [3.63, 3.8) is 0 Å². The number of ether oxygens (including phenoxy) is 3. The molecule has 6 heteroatoms. The lowest BCUT2D eigenvalue weighted by Crippen LogP contribution is -2.24. The summed E-state index contributed by atoms with van der Waals surface area (Å²) in [6, 6.07) is 0.544. The van der Waals surface area contributed by atoms with E-state index in [4.69, 9.17) is 14.2 Å². The van der Waals surface area contributed by atoms with E-state index in [-0.39, 0.29) is 10.2 Å². The van der Waals surface area contributed by atoms with Crippen molar-refractivity contribution in [1.29, 1.82) is 0 Å². The second kappa shape index (κ2) is 16.5. The van der Waals surface area contributed by atoms with Gasteiger partial charge in [0.25, 0.3) is 0 Å². The molecule has 0 amide bonds. The molecule has 0 aromatic carbocycles. The lowest BCUT2D eigenvalue weighted by molar-refractivity contribution is 0.00641. The minimum absolute atomic E-state index is 0.221. The third kappa shape index (κ3) is 20.8. The molecule has 0 rings (SSSR count). The van der Waals surface area contributed by atoms with Crippen LogP contribution >= 0.6 is 21.6 Å². The molecule has 0 heterocycles. The van der Waals surface area contributed by atoms with Crippen LogP contribution in [0.25, 0.3) is 0 Å². The molecule has 4 nitrogen and oxygen atoms in total. The van der Waals surface area contributed by atoms with Crippen molar-refractivity contribution in [2.45, 2.75) is 84.0 Å². The molecule has 0 aromatic heterocycles. The lowest BCUT2D eigenvalue weighted by atomic mass is 10.1. The fourth-order valence-corrected chi connectivity index (χ4v) is 4.35. The Morgan fingerprint density at radius 1 is 0.846 bits per heavy atom. The summed E-state index contributed by atoms with van der Waals surface area (Å²) < 4.78 is 17.5. The summed E-state index contributed by atoms with van der Waals surface area (Å²) in [5.41, 5.74) is 0.221. The highest BCUT2D eigenvalue weighted by atomic mass is 33.1. The minimum atomic E-state index is 0.221. The Morgan fingerprint density at radius 3 is 2.04 bits per heavy atom. The maximum absolute atomic E-state index is 6.05. The summed E-state index contributed by atoms with van der Waals surface area (Å²) in [6.07, 6.45) is 3.30. The smallest absolute Gasteiger partial charge is 0.113 e. The predicted octanol–water partition coefficient (Wildman–Crippen LogP) is 5.37. The van der Waals surface area contributed by atoms with E-state index in [9.17, 15) is 0 Å². The molecule has 158 valence electrons. The van der Waals surface area contributed by atoms with E-state index < -0.39 is 0 Å². The summed E-state index contributed by atoms with van der Waals surface area (Å²) in [6.45, 7) is 20.0. The van der Waals surface area contributed by atoms with Crippen molar-refractivity contribution in [1.82, 2.24) is 5.32 Å². The Labute approximate surface area is 170 Å². The van der Waals surface area contributed by atoms with E-state index in [1.54, 1.807) is 0 Å². The minimum Gasteiger partial charge on any atom is -0.379 e. The van der Waals surface area contributed by atoms with Crippen molar-refractivity contribution in [3.8, 4) is 0 Å². The van der Waals surface area contributed by atoms with Crippen LogP contribution in [0, 0.1) is 5.92 Å². The molecular weight excluding hydrogens is 366 g/mol. The highest BCUT2D eigenvalue weighted by molar-refractivity contribution is 8.77. The fraction of sp³-hybridized carbons (Fsp3) is 1.00. The molecule has 1 unspecified atom stereocenters. The zero-order chi connectivity index (χ0) is 19.8. The summed E-state index contributed by atoms with van der Waals surface area (Å²) in [7, 11) is 3.75. The first-order chi connectivity index (χ1) is 12.2. The van der Waals surface area contributed by atoms with Gasteiger partial charge in [-0.15, -0.1) is 0 Å². The standard InChI is InChI=1S/C20H43NO3S2/c1-17(2)10-12-22-13-14-23-15-16-24-19(25-26-20(5,6)7)9-8-11-21-18(3)4/h17-19,21H,8-16H2,1-7H3. The Bertz CT molecular complexity index is 310. The van der Waals surface area contributed by atoms with Crippen LogP contribution in [0.2, 0.25) is 0 Å². The first-order valence-corrected chi connectivity index (χ1v) is 12.3. The number of hydrogen-bond acceptors (Lipinski definition) is 6. The summed E-state index contributed by atoms with van der Waals surface area (Å²) in [5, 5.41) is 3.47. The van der Waals surface area contributed by atoms with Gasteiger partial charge in [0, 0.05) is 17.4 Å². The van der Waals surface area contributed by atoms with Crippen molar-refractivity contribution in [2.75, 3.05) is 39.6 Å². The van der Waals surface area contributed by atoms with Crippen LogP contribution in [0.5, 0.6) is 0 Å². The van der Waals surface area contributed by atoms with Crippen molar-refractivity contribution in [3.05, 3.63) is 0 Å². The molecular formula is C20H43NO3S2. The average molecular weight is 410 g/mol. The monoisotopic (exact) mass is 409 g/mol. The van der Waals surface area contributed by atoms with Gasteiger partial charge in [0.1, 0.15) is 5.44 Å². The Kier molecular flexibility index (Phi) is 16.8. The van der Waals surface area contributed by atoms with Gasteiger partial charge in [-0.1, -0.05) is 70.1 Å². The molecule has 0 fully saturated rings. The second-order valence-corrected chi connectivity index (χ2v) is 11.4.